The van der Waals surface area contributed by atoms with E-state index < -0.39 is 0 Å². The Balaban J connectivity index is 2.08. The average Bonchev–Trinajstić information content (AvgIpc) is 2.36. The van der Waals surface area contributed by atoms with Crippen molar-refractivity contribution in [3.63, 3.8) is 0 Å². The summed E-state index contributed by atoms with van der Waals surface area (Å²) in [6.45, 7) is 4.23. The highest BCUT2D eigenvalue weighted by atomic mass is 16.5. The van der Waals surface area contributed by atoms with E-state index in [0.29, 0.717) is 18.2 Å². The molecule has 0 saturated carbocycles. The summed E-state index contributed by atoms with van der Waals surface area (Å²) >= 11 is 0. The molecule has 0 fully saturated rings. The monoisotopic (exact) mass is 244 g/mol. The zero-order chi connectivity index (χ0) is 13.0. The van der Waals surface area contributed by atoms with Crippen LogP contribution in [0.3, 0.4) is 0 Å². The highest BCUT2D eigenvalue weighted by Gasteiger charge is 2.02. The smallest absolute Gasteiger partial charge is 0.168 e. The van der Waals surface area contributed by atoms with Crippen molar-refractivity contribution in [1.82, 2.24) is 9.97 Å². The molecule has 0 unspecified atom stereocenters. The number of nitrogens with one attached hydrogen (secondary N) is 1. The zero-order valence-corrected chi connectivity index (χ0v) is 10.5. The van der Waals surface area contributed by atoms with Gasteiger partial charge in [-0.3, -0.25) is 0 Å². The van der Waals surface area contributed by atoms with Crippen LogP contribution in [0.25, 0.3) is 0 Å². The van der Waals surface area contributed by atoms with Crippen molar-refractivity contribution < 1.29 is 4.74 Å². The lowest BCUT2D eigenvalue weighted by molar-refractivity contribution is 0.295. The molecule has 18 heavy (non-hydrogen) atoms. The molecule has 0 saturated heterocycles. The second-order valence-electron chi connectivity index (χ2n) is 4.06. The van der Waals surface area contributed by atoms with Gasteiger partial charge in [-0.1, -0.05) is 12.1 Å². The van der Waals surface area contributed by atoms with Gasteiger partial charge < -0.3 is 10.2 Å². The normalized spacial score (nSPS) is 10.2. The number of anilines is 1. The molecule has 0 atom stereocenters. The van der Waals surface area contributed by atoms with Crippen molar-refractivity contribution in [2.24, 2.45) is 5.84 Å². The summed E-state index contributed by atoms with van der Waals surface area (Å²) in [7, 11) is 0. The Labute approximate surface area is 106 Å². The number of hydrogen-bond donors (Lipinski definition) is 2. The van der Waals surface area contributed by atoms with Crippen LogP contribution in [-0.4, -0.2) is 9.97 Å². The fourth-order valence-corrected chi connectivity index (χ4v) is 1.62. The molecular weight excluding hydrogens is 228 g/mol. The molecule has 3 N–H and O–H groups in total. The first-order valence-corrected chi connectivity index (χ1v) is 5.68. The number of aromatic nitrogens is 2. The molecule has 0 aliphatic heterocycles. The molecule has 94 valence electrons. The van der Waals surface area contributed by atoms with E-state index in [0.717, 1.165) is 17.0 Å². The van der Waals surface area contributed by atoms with Gasteiger partial charge in [0.1, 0.15) is 18.2 Å². The van der Waals surface area contributed by atoms with E-state index in [4.69, 9.17) is 10.6 Å². The maximum absolute atomic E-state index is 5.63. The van der Waals surface area contributed by atoms with Crippen LogP contribution in [0.5, 0.6) is 5.75 Å². The average molecular weight is 244 g/mol. The number of rotatable bonds is 4. The Hall–Kier alpha value is -2.14. The molecule has 0 aliphatic carbocycles. The molecule has 0 spiro atoms. The van der Waals surface area contributed by atoms with Crippen LogP contribution in [0, 0.1) is 13.8 Å². The van der Waals surface area contributed by atoms with Crippen LogP contribution in [0.4, 0.5) is 5.82 Å². The van der Waals surface area contributed by atoms with Crippen molar-refractivity contribution in [3.8, 4) is 5.75 Å². The first-order chi connectivity index (χ1) is 8.67. The van der Waals surface area contributed by atoms with Gasteiger partial charge in [0.2, 0.25) is 0 Å². The highest BCUT2D eigenvalue weighted by molar-refractivity contribution is 5.34. The molecule has 2 aromatic rings. The quantitative estimate of drug-likeness (QED) is 0.635. The minimum Gasteiger partial charge on any atom is -0.486 e. The van der Waals surface area contributed by atoms with Crippen LogP contribution in [0.15, 0.2) is 30.3 Å². The van der Waals surface area contributed by atoms with Gasteiger partial charge in [-0.25, -0.2) is 15.8 Å². The number of nitrogens with two attached hydrogens (primary N) is 1. The SMILES string of the molecule is Cc1cccc(OCc2nc(C)cc(NN)n2)c1. The van der Waals surface area contributed by atoms with Crippen molar-refractivity contribution in [1.29, 1.82) is 0 Å². The van der Waals surface area contributed by atoms with Crippen molar-refractivity contribution in [2.45, 2.75) is 20.5 Å². The number of aryl methyl sites for hydroxylation is 2. The number of nitrogens with zero attached hydrogens (tertiary/aromatic N) is 2. The van der Waals surface area contributed by atoms with E-state index in [1.807, 2.05) is 38.1 Å². The molecule has 1 heterocycles. The third kappa shape index (κ3) is 3.18. The summed E-state index contributed by atoms with van der Waals surface area (Å²) in [6, 6.07) is 9.63. The highest BCUT2D eigenvalue weighted by Crippen LogP contribution is 2.14. The lowest BCUT2D eigenvalue weighted by Crippen LogP contribution is -2.12. The second-order valence-corrected chi connectivity index (χ2v) is 4.06. The van der Waals surface area contributed by atoms with E-state index in [1.165, 1.54) is 0 Å². The summed E-state index contributed by atoms with van der Waals surface area (Å²) in [5.74, 6) is 7.33. The third-order valence-corrected chi connectivity index (χ3v) is 2.41. The van der Waals surface area contributed by atoms with Gasteiger partial charge in [-0.15, -0.1) is 0 Å². The van der Waals surface area contributed by atoms with Crippen LogP contribution in [0.2, 0.25) is 0 Å². The predicted octanol–water partition coefficient (Wildman–Crippen LogP) is 1.96. The summed E-state index contributed by atoms with van der Waals surface area (Å²) in [5, 5.41) is 0. The number of nitrogen functional groups attached to an aromatic ring is 1. The van der Waals surface area contributed by atoms with E-state index in [1.54, 1.807) is 6.07 Å². The fraction of sp³-hybridized carbons (Fsp3) is 0.231. The summed E-state index contributed by atoms with van der Waals surface area (Å²) in [6.07, 6.45) is 0. The minimum absolute atomic E-state index is 0.319. The Bertz CT molecular complexity index is 542. The largest absolute Gasteiger partial charge is 0.486 e. The van der Waals surface area contributed by atoms with Gasteiger partial charge in [0.15, 0.2) is 5.82 Å². The van der Waals surface area contributed by atoms with Crippen molar-refractivity contribution >= 4 is 5.82 Å². The van der Waals surface area contributed by atoms with E-state index in [2.05, 4.69) is 15.4 Å². The van der Waals surface area contributed by atoms with E-state index in [9.17, 15) is 0 Å². The zero-order valence-electron chi connectivity index (χ0n) is 10.5. The predicted molar refractivity (Wildman–Crippen MR) is 70.1 cm³/mol. The number of hydrazine groups is 1. The van der Waals surface area contributed by atoms with Gasteiger partial charge >= 0.3 is 0 Å². The Morgan fingerprint density at radius 1 is 1.22 bits per heavy atom. The summed E-state index contributed by atoms with van der Waals surface area (Å²) in [4.78, 5) is 8.50. The number of benzene rings is 1. The summed E-state index contributed by atoms with van der Waals surface area (Å²) in [5.41, 5.74) is 4.51. The topological polar surface area (TPSA) is 73.1 Å². The molecule has 0 amide bonds. The standard InChI is InChI=1S/C13H16N4O/c1-9-4-3-5-11(6-9)18-8-13-15-10(2)7-12(16-13)17-14/h3-7H,8,14H2,1-2H3,(H,15,16,17). The Kier molecular flexibility index (Phi) is 3.74. The molecule has 0 aliphatic rings. The van der Waals surface area contributed by atoms with Gasteiger partial charge in [0.05, 0.1) is 0 Å². The van der Waals surface area contributed by atoms with Crippen LogP contribution < -0.4 is 16.0 Å². The van der Waals surface area contributed by atoms with E-state index in [-0.39, 0.29) is 0 Å². The first kappa shape index (κ1) is 12.3. The van der Waals surface area contributed by atoms with Crippen LogP contribution in [-0.2, 0) is 6.61 Å². The molecule has 5 nitrogen and oxygen atoms in total. The maximum Gasteiger partial charge on any atom is 0.168 e. The van der Waals surface area contributed by atoms with Crippen molar-refractivity contribution in [2.75, 3.05) is 5.43 Å². The molecule has 5 heteroatoms. The van der Waals surface area contributed by atoms with Crippen molar-refractivity contribution in [3.05, 3.63) is 47.4 Å². The van der Waals surface area contributed by atoms with Gasteiger partial charge in [0, 0.05) is 11.8 Å². The second kappa shape index (κ2) is 5.46. The number of hydrogen-bond acceptors (Lipinski definition) is 5. The minimum atomic E-state index is 0.319. The van der Waals surface area contributed by atoms with Gasteiger partial charge in [-0.05, 0) is 31.5 Å². The molecule has 0 radical (unpaired) electrons. The molecule has 1 aromatic carbocycles. The molecule has 2 rings (SSSR count). The van der Waals surface area contributed by atoms with E-state index >= 15 is 0 Å². The lowest BCUT2D eigenvalue weighted by atomic mass is 10.2. The third-order valence-electron chi connectivity index (χ3n) is 2.41. The lowest BCUT2D eigenvalue weighted by Gasteiger charge is -2.08. The first-order valence-electron chi connectivity index (χ1n) is 5.68. The molecular formula is C13H16N4O. The molecule has 1 aromatic heterocycles. The summed E-state index contributed by atoms with van der Waals surface area (Å²) < 4.78 is 5.63. The number of ether oxygens (including phenoxy) is 1. The Morgan fingerprint density at radius 2 is 2.06 bits per heavy atom. The van der Waals surface area contributed by atoms with Crippen LogP contribution >= 0.6 is 0 Å². The van der Waals surface area contributed by atoms with Crippen LogP contribution in [0.1, 0.15) is 17.1 Å². The maximum atomic E-state index is 5.63. The van der Waals surface area contributed by atoms with Gasteiger partial charge in [-0.2, -0.15) is 0 Å². The fourth-order valence-electron chi connectivity index (χ4n) is 1.62. The molecule has 0 bridgehead atoms. The Morgan fingerprint density at radius 3 is 2.78 bits per heavy atom. The van der Waals surface area contributed by atoms with Gasteiger partial charge in [0.25, 0.3) is 0 Å².